The lowest BCUT2D eigenvalue weighted by atomic mass is 10.1. The second-order valence-corrected chi connectivity index (χ2v) is 7.28. The van der Waals surface area contributed by atoms with E-state index in [1.807, 2.05) is 49.4 Å². The predicted molar refractivity (Wildman–Crippen MR) is 134 cm³/mol. The average molecular weight is 538 g/mol. The number of nitrogens with one attached hydrogen (secondary N) is 2. The second-order valence-electron chi connectivity index (χ2n) is 7.28. The van der Waals surface area contributed by atoms with Crippen LogP contribution in [0.2, 0.25) is 0 Å². The molecule has 2 aromatic carbocycles. The van der Waals surface area contributed by atoms with Gasteiger partial charge in [0.05, 0.1) is 19.8 Å². The molecule has 0 spiro atoms. The van der Waals surface area contributed by atoms with Crippen LogP contribution in [-0.2, 0) is 13.1 Å². The third-order valence-corrected chi connectivity index (χ3v) is 4.64. The summed E-state index contributed by atoms with van der Waals surface area (Å²) in [6, 6.07) is 13.6. The van der Waals surface area contributed by atoms with Crippen LogP contribution >= 0.6 is 24.0 Å². The van der Waals surface area contributed by atoms with Crippen molar-refractivity contribution in [2.45, 2.75) is 26.4 Å². The molecule has 0 saturated carbocycles. The van der Waals surface area contributed by atoms with Gasteiger partial charge in [0.25, 0.3) is 5.91 Å². The summed E-state index contributed by atoms with van der Waals surface area (Å²) in [5.74, 6) is 2.31. The van der Waals surface area contributed by atoms with Crippen LogP contribution < -0.4 is 20.1 Å². The topological polar surface area (TPSA) is 75.2 Å². The van der Waals surface area contributed by atoms with Gasteiger partial charge in [-0.05, 0) is 42.3 Å². The molecule has 0 fully saturated rings. The maximum absolute atomic E-state index is 12.0. The standard InChI is InChI=1S/C23H30N4O3.HI/c1-4-24-23(25-15-17-6-9-19(10-7-17)22(28)27(2)3)26-16-18-8-11-20-21(14-18)30-13-5-12-29-20;/h6-11,14H,4-5,12-13,15-16H2,1-3H3,(H2,24,25,26);1H. The smallest absolute Gasteiger partial charge is 0.253 e. The maximum Gasteiger partial charge on any atom is 0.253 e. The summed E-state index contributed by atoms with van der Waals surface area (Å²) in [4.78, 5) is 18.2. The van der Waals surface area contributed by atoms with Gasteiger partial charge >= 0.3 is 0 Å². The Morgan fingerprint density at radius 1 is 1.00 bits per heavy atom. The van der Waals surface area contributed by atoms with Gasteiger partial charge in [-0.1, -0.05) is 18.2 Å². The van der Waals surface area contributed by atoms with Crippen LogP contribution in [0.3, 0.4) is 0 Å². The monoisotopic (exact) mass is 538 g/mol. The molecular formula is C23H31IN4O3. The first kappa shape index (κ1) is 24.8. The largest absolute Gasteiger partial charge is 0.490 e. The van der Waals surface area contributed by atoms with E-state index in [0.29, 0.717) is 31.9 Å². The van der Waals surface area contributed by atoms with Crippen molar-refractivity contribution in [3.63, 3.8) is 0 Å². The van der Waals surface area contributed by atoms with Gasteiger partial charge in [-0.25, -0.2) is 4.99 Å². The fourth-order valence-electron chi connectivity index (χ4n) is 3.03. The van der Waals surface area contributed by atoms with Crippen LogP contribution in [0, 0.1) is 0 Å². The van der Waals surface area contributed by atoms with E-state index in [2.05, 4.69) is 15.6 Å². The Hall–Kier alpha value is -2.49. The Morgan fingerprint density at radius 2 is 1.68 bits per heavy atom. The van der Waals surface area contributed by atoms with Crippen LogP contribution in [0.5, 0.6) is 11.5 Å². The van der Waals surface area contributed by atoms with Gasteiger partial charge in [-0.2, -0.15) is 0 Å². The van der Waals surface area contributed by atoms with E-state index >= 15 is 0 Å². The minimum absolute atomic E-state index is 0. The van der Waals surface area contributed by atoms with Crippen LogP contribution in [0.15, 0.2) is 47.5 Å². The van der Waals surface area contributed by atoms with Gasteiger partial charge in [0.1, 0.15) is 0 Å². The number of carbonyl (C=O) groups excluding carboxylic acids is 1. The van der Waals surface area contributed by atoms with E-state index in [9.17, 15) is 4.79 Å². The number of carbonyl (C=O) groups is 1. The van der Waals surface area contributed by atoms with Crippen molar-refractivity contribution in [3.8, 4) is 11.5 Å². The number of guanidine groups is 1. The SMILES string of the molecule is CCNC(=NCc1ccc2c(c1)OCCCO2)NCc1ccc(C(=O)N(C)C)cc1.I. The second kappa shape index (κ2) is 12.4. The Kier molecular flexibility index (Phi) is 9.90. The van der Waals surface area contributed by atoms with Gasteiger partial charge in [0.2, 0.25) is 0 Å². The third kappa shape index (κ3) is 7.30. The lowest BCUT2D eigenvalue weighted by Crippen LogP contribution is -2.36. The molecule has 1 aliphatic heterocycles. The lowest BCUT2D eigenvalue weighted by Gasteiger charge is -2.13. The minimum atomic E-state index is -0.000424. The van der Waals surface area contributed by atoms with Gasteiger partial charge in [0.15, 0.2) is 17.5 Å². The number of rotatable bonds is 6. The molecule has 168 valence electrons. The Morgan fingerprint density at radius 3 is 2.35 bits per heavy atom. The van der Waals surface area contributed by atoms with E-state index < -0.39 is 0 Å². The van der Waals surface area contributed by atoms with Crippen LogP contribution in [0.1, 0.15) is 34.8 Å². The molecule has 0 bridgehead atoms. The summed E-state index contributed by atoms with van der Waals surface area (Å²) in [5.41, 5.74) is 2.81. The first-order valence-corrected chi connectivity index (χ1v) is 10.3. The van der Waals surface area contributed by atoms with Crippen molar-refractivity contribution in [1.29, 1.82) is 0 Å². The van der Waals surface area contributed by atoms with Crippen molar-refractivity contribution < 1.29 is 14.3 Å². The van der Waals surface area contributed by atoms with Crippen molar-refractivity contribution >= 4 is 35.8 Å². The molecule has 0 radical (unpaired) electrons. The molecule has 1 heterocycles. The molecule has 0 aliphatic carbocycles. The molecule has 3 rings (SSSR count). The first-order valence-electron chi connectivity index (χ1n) is 10.3. The highest BCUT2D eigenvalue weighted by atomic mass is 127. The normalized spacial score (nSPS) is 12.9. The fourth-order valence-corrected chi connectivity index (χ4v) is 3.03. The van der Waals surface area contributed by atoms with Crippen molar-refractivity contribution in [2.24, 2.45) is 4.99 Å². The molecule has 1 aliphatic rings. The van der Waals surface area contributed by atoms with Gasteiger partial charge in [0, 0.05) is 39.2 Å². The summed E-state index contributed by atoms with van der Waals surface area (Å²) >= 11 is 0. The quantitative estimate of drug-likeness (QED) is 0.335. The van der Waals surface area contributed by atoms with E-state index in [1.165, 1.54) is 0 Å². The summed E-state index contributed by atoms with van der Waals surface area (Å²) in [6.07, 6.45) is 0.890. The fraction of sp³-hybridized carbons (Fsp3) is 0.391. The molecule has 0 atom stereocenters. The highest BCUT2D eigenvalue weighted by molar-refractivity contribution is 14.0. The molecule has 7 nitrogen and oxygen atoms in total. The molecule has 0 unspecified atom stereocenters. The highest BCUT2D eigenvalue weighted by Crippen LogP contribution is 2.30. The number of ether oxygens (including phenoxy) is 2. The summed E-state index contributed by atoms with van der Waals surface area (Å²) in [6.45, 7) is 5.30. The van der Waals surface area contributed by atoms with Gasteiger partial charge in [-0.15, -0.1) is 24.0 Å². The Bertz CT molecular complexity index is 885. The van der Waals surface area contributed by atoms with Crippen molar-refractivity contribution in [3.05, 3.63) is 59.2 Å². The zero-order valence-corrected chi connectivity index (χ0v) is 20.6. The van der Waals surface area contributed by atoms with E-state index in [0.717, 1.165) is 41.6 Å². The zero-order chi connectivity index (χ0) is 21.3. The molecule has 0 aromatic heterocycles. The van der Waals surface area contributed by atoms with E-state index in [1.54, 1.807) is 19.0 Å². The first-order chi connectivity index (χ1) is 14.6. The Balaban J connectivity index is 0.00000341. The summed E-state index contributed by atoms with van der Waals surface area (Å²) in [5, 5.41) is 6.60. The predicted octanol–water partition coefficient (Wildman–Crippen LogP) is 3.42. The molecule has 2 N–H and O–H groups in total. The number of halogens is 1. The summed E-state index contributed by atoms with van der Waals surface area (Å²) in [7, 11) is 3.50. The van der Waals surface area contributed by atoms with Gasteiger partial charge < -0.3 is 25.0 Å². The minimum Gasteiger partial charge on any atom is -0.490 e. The number of hydrogen-bond donors (Lipinski definition) is 2. The van der Waals surface area contributed by atoms with Crippen molar-refractivity contribution in [1.82, 2.24) is 15.5 Å². The van der Waals surface area contributed by atoms with Crippen LogP contribution in [0.25, 0.3) is 0 Å². The van der Waals surface area contributed by atoms with Crippen molar-refractivity contribution in [2.75, 3.05) is 33.9 Å². The molecule has 1 amide bonds. The lowest BCUT2D eigenvalue weighted by molar-refractivity contribution is 0.0827. The van der Waals surface area contributed by atoms with Crippen LogP contribution in [0.4, 0.5) is 0 Å². The molecule has 31 heavy (non-hydrogen) atoms. The highest BCUT2D eigenvalue weighted by Gasteiger charge is 2.11. The van der Waals surface area contributed by atoms with E-state index in [4.69, 9.17) is 9.47 Å². The number of fused-ring (bicyclic) bond motifs is 1. The third-order valence-electron chi connectivity index (χ3n) is 4.64. The number of aliphatic imine (C=N–C) groups is 1. The Labute approximate surface area is 201 Å². The number of benzene rings is 2. The molecule has 0 saturated heterocycles. The number of amides is 1. The number of hydrogen-bond acceptors (Lipinski definition) is 4. The molecule has 2 aromatic rings. The van der Waals surface area contributed by atoms with Crippen LogP contribution in [-0.4, -0.2) is 50.6 Å². The molecule has 8 heteroatoms. The van der Waals surface area contributed by atoms with Gasteiger partial charge in [-0.3, -0.25) is 4.79 Å². The zero-order valence-electron chi connectivity index (χ0n) is 18.3. The number of nitrogens with zero attached hydrogens (tertiary/aromatic N) is 2. The maximum atomic E-state index is 12.0. The van der Waals surface area contributed by atoms with E-state index in [-0.39, 0.29) is 29.9 Å². The molecular weight excluding hydrogens is 507 g/mol. The average Bonchev–Trinajstić information content (AvgIpc) is 3.00. The summed E-state index contributed by atoms with van der Waals surface area (Å²) < 4.78 is 11.4.